The molecule has 2 aromatic carbocycles. The highest BCUT2D eigenvalue weighted by molar-refractivity contribution is 7.88. The fourth-order valence-corrected chi connectivity index (χ4v) is 6.19. The van der Waals surface area contributed by atoms with Crippen molar-refractivity contribution in [1.29, 1.82) is 0 Å². The number of benzene rings is 2. The molecule has 1 amide bonds. The Hall–Kier alpha value is -2.40. The summed E-state index contributed by atoms with van der Waals surface area (Å²) in [4.78, 5) is 11.9. The van der Waals surface area contributed by atoms with Gasteiger partial charge in [0.2, 0.25) is 15.9 Å². The SMILES string of the molecule is CC(=O)NC(Cc1cc(F)cc(F)c1)C(O)CNC1(c2cccc(C(C)(C)C)c2)CCC(NS(C)(=O)=O)CC1. The lowest BCUT2D eigenvalue weighted by Crippen LogP contribution is -2.54. The van der Waals surface area contributed by atoms with E-state index in [-0.39, 0.29) is 30.3 Å². The topological polar surface area (TPSA) is 108 Å². The predicted octanol–water partition coefficient (Wildman–Crippen LogP) is 3.65. The van der Waals surface area contributed by atoms with Crippen molar-refractivity contribution in [1.82, 2.24) is 15.4 Å². The molecule has 0 aliphatic heterocycles. The molecular formula is C29H41F2N3O4S. The molecule has 1 aliphatic carbocycles. The van der Waals surface area contributed by atoms with Crippen molar-refractivity contribution in [3.05, 3.63) is 70.8 Å². The molecule has 10 heteroatoms. The average Bonchev–Trinajstić information content (AvgIpc) is 2.81. The Morgan fingerprint density at radius 3 is 2.26 bits per heavy atom. The van der Waals surface area contributed by atoms with Gasteiger partial charge in [-0.1, -0.05) is 45.0 Å². The van der Waals surface area contributed by atoms with Crippen LogP contribution in [0.15, 0.2) is 42.5 Å². The second kappa shape index (κ2) is 12.4. The van der Waals surface area contributed by atoms with Gasteiger partial charge in [-0.25, -0.2) is 21.9 Å². The number of hydrogen-bond donors (Lipinski definition) is 4. The molecule has 39 heavy (non-hydrogen) atoms. The minimum atomic E-state index is -3.34. The Morgan fingerprint density at radius 2 is 1.72 bits per heavy atom. The van der Waals surface area contributed by atoms with Crippen LogP contribution >= 0.6 is 0 Å². The fourth-order valence-electron chi connectivity index (χ4n) is 5.35. The summed E-state index contributed by atoms with van der Waals surface area (Å²) in [5, 5.41) is 17.4. The number of nitrogens with one attached hydrogen (secondary N) is 3. The number of aliphatic hydroxyl groups excluding tert-OH is 1. The van der Waals surface area contributed by atoms with Crippen LogP contribution in [0.4, 0.5) is 8.78 Å². The van der Waals surface area contributed by atoms with Gasteiger partial charge in [-0.15, -0.1) is 0 Å². The molecular weight excluding hydrogens is 524 g/mol. The lowest BCUT2D eigenvalue weighted by atomic mass is 9.73. The van der Waals surface area contributed by atoms with E-state index in [0.29, 0.717) is 31.2 Å². The van der Waals surface area contributed by atoms with Gasteiger partial charge in [-0.05, 0) is 66.3 Å². The van der Waals surface area contributed by atoms with E-state index in [0.717, 1.165) is 23.4 Å². The fraction of sp³-hybridized carbons (Fsp3) is 0.552. The molecule has 7 nitrogen and oxygen atoms in total. The molecule has 1 aliphatic rings. The molecule has 0 heterocycles. The van der Waals surface area contributed by atoms with Gasteiger partial charge >= 0.3 is 0 Å². The third-order valence-corrected chi connectivity index (χ3v) is 8.14. The van der Waals surface area contributed by atoms with E-state index in [2.05, 4.69) is 48.3 Å². The van der Waals surface area contributed by atoms with Crippen LogP contribution in [-0.2, 0) is 32.2 Å². The Labute approximate surface area is 230 Å². The second-order valence-electron chi connectivity index (χ2n) is 11.8. The lowest BCUT2D eigenvalue weighted by molar-refractivity contribution is -0.120. The summed E-state index contributed by atoms with van der Waals surface area (Å²) in [5.41, 5.74) is 1.91. The zero-order valence-electron chi connectivity index (χ0n) is 23.4. The first-order valence-corrected chi connectivity index (χ1v) is 15.2. The van der Waals surface area contributed by atoms with E-state index in [9.17, 15) is 27.1 Å². The molecule has 2 atom stereocenters. The molecule has 0 aromatic heterocycles. The number of aliphatic hydroxyl groups is 1. The smallest absolute Gasteiger partial charge is 0.217 e. The summed E-state index contributed by atoms with van der Waals surface area (Å²) in [6.07, 6.45) is 2.60. The van der Waals surface area contributed by atoms with Gasteiger partial charge in [-0.2, -0.15) is 0 Å². The Bertz CT molecular complexity index is 1240. The highest BCUT2D eigenvalue weighted by atomic mass is 32.2. The second-order valence-corrected chi connectivity index (χ2v) is 13.6. The zero-order valence-corrected chi connectivity index (χ0v) is 24.2. The van der Waals surface area contributed by atoms with Gasteiger partial charge in [0, 0.05) is 31.1 Å². The largest absolute Gasteiger partial charge is 0.390 e. The van der Waals surface area contributed by atoms with Crippen LogP contribution in [-0.4, -0.2) is 50.4 Å². The first kappa shape index (κ1) is 31.1. The Kier molecular flexibility index (Phi) is 9.91. The number of carbonyl (C=O) groups is 1. The minimum Gasteiger partial charge on any atom is -0.390 e. The number of amides is 1. The summed E-state index contributed by atoms with van der Waals surface area (Å²) in [5.74, 6) is -1.82. The summed E-state index contributed by atoms with van der Waals surface area (Å²) in [7, 11) is -3.34. The standard InChI is InChI=1S/C29H41F2N3O4S/c1-19(35)33-26(15-20-13-23(30)17-24(31)14-20)27(36)18-32-29(11-9-25(10-12-29)34-39(5,37)38)22-8-6-7-21(16-22)28(2,3)4/h6-8,13-14,16-17,25-27,32,34,36H,9-12,15,18H2,1-5H3,(H,33,35). The number of sulfonamides is 1. The van der Waals surface area contributed by atoms with E-state index >= 15 is 0 Å². The maximum Gasteiger partial charge on any atom is 0.217 e. The van der Waals surface area contributed by atoms with Crippen molar-refractivity contribution in [2.24, 2.45) is 0 Å². The van der Waals surface area contributed by atoms with Crippen LogP contribution < -0.4 is 15.4 Å². The highest BCUT2D eigenvalue weighted by Crippen LogP contribution is 2.39. The van der Waals surface area contributed by atoms with Crippen molar-refractivity contribution in [3.8, 4) is 0 Å². The van der Waals surface area contributed by atoms with Gasteiger partial charge < -0.3 is 15.7 Å². The monoisotopic (exact) mass is 565 g/mol. The summed E-state index contributed by atoms with van der Waals surface area (Å²) < 4.78 is 53.9. The van der Waals surface area contributed by atoms with Crippen LogP contribution in [0.2, 0.25) is 0 Å². The molecule has 0 saturated heterocycles. The van der Waals surface area contributed by atoms with Gasteiger partial charge in [-0.3, -0.25) is 4.79 Å². The van der Waals surface area contributed by atoms with E-state index in [4.69, 9.17) is 0 Å². The number of hydrogen-bond acceptors (Lipinski definition) is 5. The van der Waals surface area contributed by atoms with Crippen LogP contribution in [0.25, 0.3) is 0 Å². The number of halogens is 2. The molecule has 2 unspecified atom stereocenters. The van der Waals surface area contributed by atoms with Crippen LogP contribution in [0.1, 0.15) is 70.1 Å². The van der Waals surface area contributed by atoms with Gasteiger partial charge in [0.1, 0.15) is 11.6 Å². The first-order chi connectivity index (χ1) is 18.1. The van der Waals surface area contributed by atoms with Gasteiger partial charge in [0.25, 0.3) is 0 Å². The summed E-state index contributed by atoms with van der Waals surface area (Å²) >= 11 is 0. The van der Waals surface area contributed by atoms with Crippen molar-refractivity contribution in [2.45, 2.75) is 88.9 Å². The molecule has 3 rings (SSSR count). The summed E-state index contributed by atoms with van der Waals surface area (Å²) in [6, 6.07) is 10.5. The number of carbonyl (C=O) groups excluding carboxylic acids is 1. The quantitative estimate of drug-likeness (QED) is 0.352. The lowest BCUT2D eigenvalue weighted by Gasteiger charge is -2.43. The molecule has 0 radical (unpaired) electrons. The van der Waals surface area contributed by atoms with Crippen molar-refractivity contribution in [2.75, 3.05) is 12.8 Å². The van der Waals surface area contributed by atoms with Crippen molar-refractivity contribution >= 4 is 15.9 Å². The van der Waals surface area contributed by atoms with Crippen molar-refractivity contribution < 1.29 is 27.1 Å². The van der Waals surface area contributed by atoms with Crippen LogP contribution in [0, 0.1) is 11.6 Å². The third-order valence-electron chi connectivity index (χ3n) is 7.38. The minimum absolute atomic E-state index is 0.0456. The molecule has 1 fully saturated rings. The molecule has 0 spiro atoms. The first-order valence-electron chi connectivity index (χ1n) is 13.3. The van der Waals surface area contributed by atoms with E-state index in [1.54, 1.807) is 0 Å². The van der Waals surface area contributed by atoms with Crippen molar-refractivity contribution in [3.63, 3.8) is 0 Å². The Balaban J connectivity index is 1.85. The highest BCUT2D eigenvalue weighted by Gasteiger charge is 2.38. The molecule has 2 aromatic rings. The maximum atomic E-state index is 13.8. The predicted molar refractivity (Wildman–Crippen MR) is 149 cm³/mol. The molecule has 0 bridgehead atoms. The van der Waals surface area contributed by atoms with E-state index in [1.807, 2.05) is 12.1 Å². The molecule has 4 N–H and O–H groups in total. The van der Waals surface area contributed by atoms with Gasteiger partial charge in [0.15, 0.2) is 0 Å². The normalized spacial score (nSPS) is 21.8. The number of rotatable bonds is 10. The van der Waals surface area contributed by atoms with Crippen LogP contribution in [0.3, 0.4) is 0 Å². The molecule has 216 valence electrons. The maximum absolute atomic E-state index is 13.8. The average molecular weight is 566 g/mol. The van der Waals surface area contributed by atoms with E-state index in [1.165, 1.54) is 19.1 Å². The third kappa shape index (κ3) is 9.06. The summed E-state index contributed by atoms with van der Waals surface area (Å²) in [6.45, 7) is 7.84. The Morgan fingerprint density at radius 1 is 1.10 bits per heavy atom. The van der Waals surface area contributed by atoms with Crippen LogP contribution in [0.5, 0.6) is 0 Å². The molecule has 1 saturated carbocycles. The zero-order chi connectivity index (χ0) is 29.0. The van der Waals surface area contributed by atoms with E-state index < -0.39 is 39.3 Å². The van der Waals surface area contributed by atoms with Gasteiger partial charge in [0.05, 0.1) is 18.4 Å².